The van der Waals surface area contributed by atoms with Crippen LogP contribution in [0.2, 0.25) is 0 Å². The maximum atomic E-state index is 5.41. The Labute approximate surface area is 177 Å². The molecule has 0 bridgehead atoms. The highest BCUT2D eigenvalue weighted by Gasteiger charge is 2.21. The second-order valence-electron chi connectivity index (χ2n) is 6.68. The number of hydrogen-bond donors (Lipinski definition) is 1. The van der Waals surface area contributed by atoms with Gasteiger partial charge in [-0.15, -0.1) is 6.42 Å². The second-order valence-corrected chi connectivity index (χ2v) is 7.41. The predicted molar refractivity (Wildman–Crippen MR) is 119 cm³/mol. The molecule has 2 heterocycles. The van der Waals surface area contributed by atoms with Crippen LogP contribution < -0.4 is 15.0 Å². The van der Waals surface area contributed by atoms with Gasteiger partial charge in [0.25, 0.3) is 0 Å². The van der Waals surface area contributed by atoms with Gasteiger partial charge in [-0.2, -0.15) is 4.37 Å². The van der Waals surface area contributed by atoms with Crippen LogP contribution in [0.3, 0.4) is 0 Å². The fourth-order valence-corrected chi connectivity index (χ4v) is 3.96. The first-order valence-electron chi connectivity index (χ1n) is 9.91. The minimum absolute atomic E-state index is 0.295. The molecule has 29 heavy (non-hydrogen) atoms. The van der Waals surface area contributed by atoms with Gasteiger partial charge in [0.1, 0.15) is 18.2 Å². The fraction of sp³-hybridized carbons (Fsp3) is 0.476. The van der Waals surface area contributed by atoms with Crippen molar-refractivity contribution in [3.8, 4) is 18.1 Å². The monoisotopic (exact) mass is 412 g/mol. The summed E-state index contributed by atoms with van der Waals surface area (Å²) in [6.07, 6.45) is 7.01. The number of rotatable bonds is 7. The van der Waals surface area contributed by atoms with E-state index in [2.05, 4.69) is 54.4 Å². The van der Waals surface area contributed by atoms with Crippen LogP contribution in [0, 0.1) is 12.3 Å². The number of benzene rings is 1. The first kappa shape index (κ1) is 20.9. The summed E-state index contributed by atoms with van der Waals surface area (Å²) in [5.74, 6) is 5.15. The standard InChI is InChI=1S/C21H28N6OS/c1-4-16-28-18-8-6-17(7-9-18)10-11-23-20(22-3)26-12-14-27(15-13-26)21-24-19(5-2)25-29-21/h1,6-9H,5,10-16H2,2-3H3,(H,22,23). The highest BCUT2D eigenvalue weighted by Crippen LogP contribution is 2.19. The van der Waals surface area contributed by atoms with Crippen molar-refractivity contribution in [1.82, 2.24) is 19.6 Å². The molecule has 0 radical (unpaired) electrons. The van der Waals surface area contributed by atoms with Gasteiger partial charge in [0, 0.05) is 57.7 Å². The summed E-state index contributed by atoms with van der Waals surface area (Å²) in [4.78, 5) is 13.7. The number of hydrogen-bond acceptors (Lipinski definition) is 6. The van der Waals surface area contributed by atoms with E-state index < -0.39 is 0 Å². The maximum Gasteiger partial charge on any atom is 0.205 e. The number of anilines is 1. The lowest BCUT2D eigenvalue weighted by molar-refractivity contribution is 0.370. The molecule has 1 saturated heterocycles. The van der Waals surface area contributed by atoms with Crippen LogP contribution >= 0.6 is 11.5 Å². The van der Waals surface area contributed by atoms with E-state index in [-0.39, 0.29) is 0 Å². The number of aliphatic imine (C=N–C) groups is 1. The average molecular weight is 413 g/mol. The third-order valence-corrected chi connectivity index (χ3v) is 5.59. The zero-order valence-electron chi connectivity index (χ0n) is 17.1. The van der Waals surface area contributed by atoms with E-state index in [1.807, 2.05) is 19.2 Å². The molecule has 0 saturated carbocycles. The smallest absolute Gasteiger partial charge is 0.205 e. The van der Waals surface area contributed by atoms with Crippen LogP contribution in [0.1, 0.15) is 18.3 Å². The molecule has 1 aliphatic heterocycles. The van der Waals surface area contributed by atoms with Crippen molar-refractivity contribution in [1.29, 1.82) is 0 Å². The Morgan fingerprint density at radius 3 is 2.66 bits per heavy atom. The van der Waals surface area contributed by atoms with Crippen molar-refractivity contribution in [2.75, 3.05) is 51.3 Å². The van der Waals surface area contributed by atoms with Crippen molar-refractivity contribution in [3.63, 3.8) is 0 Å². The number of piperazine rings is 1. The van der Waals surface area contributed by atoms with Gasteiger partial charge < -0.3 is 19.9 Å². The summed E-state index contributed by atoms with van der Waals surface area (Å²) in [6, 6.07) is 8.06. The molecular formula is C21H28N6OS. The molecule has 154 valence electrons. The summed E-state index contributed by atoms with van der Waals surface area (Å²) in [5.41, 5.74) is 1.24. The summed E-state index contributed by atoms with van der Waals surface area (Å²) in [6.45, 7) is 6.90. The number of guanidine groups is 1. The van der Waals surface area contributed by atoms with Gasteiger partial charge in [-0.05, 0) is 24.1 Å². The molecule has 7 nitrogen and oxygen atoms in total. The topological polar surface area (TPSA) is 65.9 Å². The van der Waals surface area contributed by atoms with E-state index in [0.29, 0.717) is 6.61 Å². The summed E-state index contributed by atoms with van der Waals surface area (Å²) in [5, 5.41) is 4.51. The minimum atomic E-state index is 0.295. The van der Waals surface area contributed by atoms with Crippen molar-refractivity contribution in [3.05, 3.63) is 35.7 Å². The molecule has 0 amide bonds. The number of aromatic nitrogens is 2. The molecular weight excluding hydrogens is 384 g/mol. The third-order valence-electron chi connectivity index (χ3n) is 4.78. The summed E-state index contributed by atoms with van der Waals surface area (Å²) >= 11 is 1.49. The second kappa shape index (κ2) is 10.7. The molecule has 1 aromatic heterocycles. The first-order chi connectivity index (χ1) is 14.2. The van der Waals surface area contributed by atoms with Crippen LogP contribution in [0.5, 0.6) is 5.75 Å². The Balaban J connectivity index is 1.43. The average Bonchev–Trinajstić information content (AvgIpc) is 3.26. The summed E-state index contributed by atoms with van der Waals surface area (Å²) < 4.78 is 9.80. The molecule has 2 aromatic rings. The van der Waals surface area contributed by atoms with Gasteiger partial charge in [0.05, 0.1) is 0 Å². The normalized spacial score (nSPS) is 14.6. The van der Waals surface area contributed by atoms with Gasteiger partial charge in [-0.25, -0.2) is 4.98 Å². The highest BCUT2D eigenvalue weighted by molar-refractivity contribution is 7.09. The number of terminal acetylenes is 1. The molecule has 1 N–H and O–H groups in total. The lowest BCUT2D eigenvalue weighted by atomic mass is 10.1. The predicted octanol–water partition coefficient (Wildman–Crippen LogP) is 2.05. The van der Waals surface area contributed by atoms with Crippen molar-refractivity contribution >= 4 is 22.6 Å². The van der Waals surface area contributed by atoms with Gasteiger partial charge >= 0.3 is 0 Å². The lowest BCUT2D eigenvalue weighted by Crippen LogP contribution is -2.52. The maximum absolute atomic E-state index is 5.41. The SMILES string of the molecule is C#CCOc1ccc(CCNC(=NC)N2CCN(c3nc(CC)ns3)CC2)cc1. The number of ether oxygens (including phenoxy) is 1. The zero-order chi connectivity index (χ0) is 20.5. The highest BCUT2D eigenvalue weighted by atomic mass is 32.1. The van der Waals surface area contributed by atoms with Gasteiger partial charge in [-0.1, -0.05) is 25.0 Å². The molecule has 8 heteroatoms. The Morgan fingerprint density at radius 1 is 1.28 bits per heavy atom. The zero-order valence-corrected chi connectivity index (χ0v) is 17.9. The van der Waals surface area contributed by atoms with Crippen LogP contribution in [-0.2, 0) is 12.8 Å². The molecule has 0 unspecified atom stereocenters. The Kier molecular flexibility index (Phi) is 7.70. The van der Waals surface area contributed by atoms with Crippen molar-refractivity contribution < 1.29 is 4.74 Å². The minimum Gasteiger partial charge on any atom is -0.481 e. The number of aryl methyl sites for hydroxylation is 1. The van der Waals surface area contributed by atoms with Crippen molar-refractivity contribution in [2.45, 2.75) is 19.8 Å². The fourth-order valence-electron chi connectivity index (χ4n) is 3.15. The van der Waals surface area contributed by atoms with Gasteiger partial charge in [-0.3, -0.25) is 4.99 Å². The molecule has 1 aromatic carbocycles. The van der Waals surface area contributed by atoms with Crippen LogP contribution in [0.4, 0.5) is 5.13 Å². The number of nitrogens with zero attached hydrogens (tertiary/aromatic N) is 5. The Bertz CT molecular complexity index is 834. The van der Waals surface area contributed by atoms with E-state index >= 15 is 0 Å². The van der Waals surface area contributed by atoms with Gasteiger partial charge in [0.2, 0.25) is 5.13 Å². The van der Waals surface area contributed by atoms with E-state index in [4.69, 9.17) is 11.2 Å². The molecule has 3 rings (SSSR count). The summed E-state index contributed by atoms with van der Waals surface area (Å²) in [7, 11) is 1.84. The Hall–Kier alpha value is -2.79. The molecule has 1 aliphatic rings. The number of nitrogens with one attached hydrogen (secondary N) is 1. The lowest BCUT2D eigenvalue weighted by Gasteiger charge is -2.36. The molecule has 0 aliphatic carbocycles. The van der Waals surface area contributed by atoms with Crippen molar-refractivity contribution in [2.24, 2.45) is 4.99 Å². The van der Waals surface area contributed by atoms with E-state index in [0.717, 1.165) is 68.2 Å². The molecule has 0 atom stereocenters. The largest absolute Gasteiger partial charge is 0.481 e. The van der Waals surface area contributed by atoms with Gasteiger partial charge in [0.15, 0.2) is 5.96 Å². The van der Waals surface area contributed by atoms with Crippen LogP contribution in [-0.4, -0.2) is 66.6 Å². The van der Waals surface area contributed by atoms with E-state index in [9.17, 15) is 0 Å². The first-order valence-corrected chi connectivity index (χ1v) is 10.7. The van der Waals surface area contributed by atoms with E-state index in [1.54, 1.807) is 0 Å². The van der Waals surface area contributed by atoms with Crippen LogP contribution in [0.15, 0.2) is 29.3 Å². The third kappa shape index (κ3) is 5.84. The van der Waals surface area contributed by atoms with E-state index in [1.165, 1.54) is 17.1 Å². The quantitative estimate of drug-likeness (QED) is 0.427. The Morgan fingerprint density at radius 2 is 2.03 bits per heavy atom. The molecule has 1 fully saturated rings. The molecule has 0 spiro atoms. The van der Waals surface area contributed by atoms with Crippen LogP contribution in [0.25, 0.3) is 0 Å².